The topological polar surface area (TPSA) is 61.4 Å². The van der Waals surface area contributed by atoms with Crippen molar-refractivity contribution in [2.45, 2.75) is 32.6 Å². The zero-order chi connectivity index (χ0) is 19.2. The summed E-state index contributed by atoms with van der Waals surface area (Å²) < 4.78 is 0. The molecule has 0 radical (unpaired) electrons. The highest BCUT2D eigenvalue weighted by atomic mass is 32.1. The molecule has 0 atom stereocenters. The highest BCUT2D eigenvalue weighted by molar-refractivity contribution is 7.10. The standard InChI is InChI=1S/C21H27N3O2S/c1-15-5-3-6-18(16(15)2)23-21(26)20(25)22-10-13-24-11-8-17(9-12-24)19-7-4-14-27-19/h3-7,14,17H,8-13H2,1-2H3,(H,22,25)(H,23,26). The van der Waals surface area contributed by atoms with Gasteiger partial charge in [-0.15, -0.1) is 11.3 Å². The molecule has 0 aliphatic carbocycles. The van der Waals surface area contributed by atoms with Crippen molar-refractivity contribution in [2.24, 2.45) is 0 Å². The van der Waals surface area contributed by atoms with E-state index >= 15 is 0 Å². The van der Waals surface area contributed by atoms with Crippen molar-refractivity contribution in [2.75, 3.05) is 31.5 Å². The average Bonchev–Trinajstić information content (AvgIpc) is 3.20. The molecule has 2 amide bonds. The lowest BCUT2D eigenvalue weighted by Gasteiger charge is -2.31. The second-order valence-corrected chi connectivity index (χ2v) is 8.07. The molecule has 1 saturated heterocycles. The highest BCUT2D eigenvalue weighted by Crippen LogP contribution is 2.30. The normalized spacial score (nSPS) is 15.5. The van der Waals surface area contributed by atoms with Crippen molar-refractivity contribution in [1.82, 2.24) is 10.2 Å². The molecule has 2 heterocycles. The van der Waals surface area contributed by atoms with E-state index in [0.29, 0.717) is 18.2 Å². The first-order valence-corrected chi connectivity index (χ1v) is 10.3. The van der Waals surface area contributed by atoms with E-state index in [1.54, 1.807) is 0 Å². The number of aryl methyl sites for hydroxylation is 1. The Hall–Kier alpha value is -2.18. The summed E-state index contributed by atoms with van der Waals surface area (Å²) in [5.74, 6) is -0.524. The van der Waals surface area contributed by atoms with E-state index in [-0.39, 0.29) is 0 Å². The fourth-order valence-corrected chi connectivity index (χ4v) is 4.34. The molecule has 27 heavy (non-hydrogen) atoms. The third kappa shape index (κ3) is 5.17. The molecule has 0 unspecified atom stereocenters. The number of amides is 2. The number of nitrogens with one attached hydrogen (secondary N) is 2. The van der Waals surface area contributed by atoms with Crippen LogP contribution in [0.15, 0.2) is 35.7 Å². The van der Waals surface area contributed by atoms with Gasteiger partial charge in [-0.3, -0.25) is 9.59 Å². The molecule has 0 spiro atoms. The average molecular weight is 386 g/mol. The minimum absolute atomic E-state index is 0.489. The lowest BCUT2D eigenvalue weighted by molar-refractivity contribution is -0.136. The van der Waals surface area contributed by atoms with Crippen molar-refractivity contribution in [3.8, 4) is 0 Å². The number of carbonyl (C=O) groups is 2. The van der Waals surface area contributed by atoms with E-state index in [1.807, 2.05) is 43.4 Å². The van der Waals surface area contributed by atoms with Crippen LogP contribution in [0.1, 0.15) is 34.8 Å². The van der Waals surface area contributed by atoms with E-state index in [4.69, 9.17) is 0 Å². The molecular formula is C21H27N3O2S. The summed E-state index contributed by atoms with van der Waals surface area (Å²) >= 11 is 1.84. The van der Waals surface area contributed by atoms with Gasteiger partial charge in [-0.25, -0.2) is 0 Å². The molecule has 1 aromatic carbocycles. The fraction of sp³-hybridized carbons (Fsp3) is 0.429. The number of carbonyl (C=O) groups excluding carboxylic acids is 2. The van der Waals surface area contributed by atoms with E-state index < -0.39 is 11.8 Å². The third-order valence-corrected chi connectivity index (χ3v) is 6.34. The molecule has 0 saturated carbocycles. The zero-order valence-electron chi connectivity index (χ0n) is 16.0. The Morgan fingerprint density at radius 2 is 1.89 bits per heavy atom. The van der Waals surface area contributed by atoms with Crippen LogP contribution >= 0.6 is 11.3 Å². The monoisotopic (exact) mass is 385 g/mol. The predicted molar refractivity (Wildman–Crippen MR) is 110 cm³/mol. The maximum absolute atomic E-state index is 12.1. The number of thiophene rings is 1. The van der Waals surface area contributed by atoms with Crippen LogP contribution in [0.2, 0.25) is 0 Å². The van der Waals surface area contributed by atoms with Crippen LogP contribution in [0.25, 0.3) is 0 Å². The largest absolute Gasteiger partial charge is 0.347 e. The first kappa shape index (κ1) is 19.6. The van der Waals surface area contributed by atoms with Crippen molar-refractivity contribution in [3.05, 3.63) is 51.7 Å². The molecular weight excluding hydrogens is 358 g/mol. The van der Waals surface area contributed by atoms with Crippen molar-refractivity contribution in [1.29, 1.82) is 0 Å². The van der Waals surface area contributed by atoms with Crippen LogP contribution in [-0.4, -0.2) is 42.9 Å². The summed E-state index contributed by atoms with van der Waals surface area (Å²) in [4.78, 5) is 28.0. The van der Waals surface area contributed by atoms with Crippen LogP contribution in [0.3, 0.4) is 0 Å². The van der Waals surface area contributed by atoms with E-state index in [9.17, 15) is 9.59 Å². The number of nitrogens with zero attached hydrogens (tertiary/aromatic N) is 1. The maximum atomic E-state index is 12.1. The first-order chi connectivity index (χ1) is 13.0. The minimum Gasteiger partial charge on any atom is -0.347 e. The molecule has 3 rings (SSSR count). The van der Waals surface area contributed by atoms with Gasteiger partial charge in [-0.05, 0) is 74.3 Å². The number of likely N-dealkylation sites (tertiary alicyclic amines) is 1. The predicted octanol–water partition coefficient (Wildman–Crippen LogP) is 3.30. The Labute approximate surface area is 164 Å². The molecule has 0 bridgehead atoms. The lowest BCUT2D eigenvalue weighted by atomic mass is 9.95. The fourth-order valence-electron chi connectivity index (χ4n) is 3.44. The van der Waals surface area contributed by atoms with Gasteiger partial charge in [-0.2, -0.15) is 0 Å². The van der Waals surface area contributed by atoms with Gasteiger partial charge in [0, 0.05) is 23.7 Å². The smallest absolute Gasteiger partial charge is 0.313 e. The summed E-state index contributed by atoms with van der Waals surface area (Å²) in [5, 5.41) is 7.57. The number of rotatable bonds is 5. The number of hydrogen-bond donors (Lipinski definition) is 2. The summed E-state index contributed by atoms with van der Waals surface area (Å²) in [7, 11) is 0. The molecule has 1 fully saturated rings. The number of anilines is 1. The van der Waals surface area contributed by atoms with Crippen molar-refractivity contribution in [3.63, 3.8) is 0 Å². The van der Waals surface area contributed by atoms with Crippen LogP contribution in [-0.2, 0) is 9.59 Å². The Bertz CT molecular complexity index is 781. The SMILES string of the molecule is Cc1cccc(NC(=O)C(=O)NCCN2CCC(c3cccs3)CC2)c1C. The molecule has 1 aliphatic rings. The Morgan fingerprint density at radius 1 is 1.11 bits per heavy atom. The second-order valence-electron chi connectivity index (χ2n) is 7.09. The van der Waals surface area contributed by atoms with Gasteiger partial charge in [0.15, 0.2) is 0 Å². The number of piperidine rings is 1. The summed E-state index contributed by atoms with van der Waals surface area (Å²) in [6.07, 6.45) is 2.31. The number of benzene rings is 1. The quantitative estimate of drug-likeness (QED) is 0.777. The highest BCUT2D eigenvalue weighted by Gasteiger charge is 2.21. The van der Waals surface area contributed by atoms with Gasteiger partial charge >= 0.3 is 11.8 Å². The molecule has 1 aliphatic heterocycles. The molecule has 6 heteroatoms. The van der Waals surface area contributed by atoms with E-state index in [1.165, 1.54) is 4.88 Å². The zero-order valence-corrected chi connectivity index (χ0v) is 16.8. The summed E-state index contributed by atoms with van der Waals surface area (Å²) in [5.41, 5.74) is 2.75. The third-order valence-electron chi connectivity index (χ3n) is 5.31. The van der Waals surface area contributed by atoms with Crippen molar-refractivity contribution < 1.29 is 9.59 Å². The van der Waals surface area contributed by atoms with Gasteiger partial charge in [-0.1, -0.05) is 18.2 Å². The van der Waals surface area contributed by atoms with Crippen LogP contribution in [0.5, 0.6) is 0 Å². The van der Waals surface area contributed by atoms with Gasteiger partial charge in [0.05, 0.1) is 0 Å². The summed E-state index contributed by atoms with van der Waals surface area (Å²) in [6, 6.07) is 10.00. The first-order valence-electron chi connectivity index (χ1n) is 9.45. The molecule has 144 valence electrons. The van der Waals surface area contributed by atoms with E-state index in [2.05, 4.69) is 33.0 Å². The van der Waals surface area contributed by atoms with Gasteiger partial charge in [0.1, 0.15) is 0 Å². The van der Waals surface area contributed by atoms with E-state index in [0.717, 1.165) is 43.6 Å². The lowest BCUT2D eigenvalue weighted by Crippen LogP contribution is -2.42. The second kappa shape index (κ2) is 9.15. The Balaban J connectivity index is 1.38. The van der Waals surface area contributed by atoms with Gasteiger partial charge in [0.25, 0.3) is 0 Å². The molecule has 2 aromatic rings. The Morgan fingerprint density at radius 3 is 2.59 bits per heavy atom. The molecule has 1 aromatic heterocycles. The summed E-state index contributed by atoms with van der Waals surface area (Å²) in [6.45, 7) is 7.25. The minimum atomic E-state index is -0.611. The van der Waals surface area contributed by atoms with Crippen molar-refractivity contribution >= 4 is 28.8 Å². The van der Waals surface area contributed by atoms with Crippen LogP contribution < -0.4 is 10.6 Å². The van der Waals surface area contributed by atoms with Gasteiger partial charge in [0.2, 0.25) is 0 Å². The molecule has 2 N–H and O–H groups in total. The maximum Gasteiger partial charge on any atom is 0.313 e. The van der Waals surface area contributed by atoms with Gasteiger partial charge < -0.3 is 15.5 Å². The van der Waals surface area contributed by atoms with Crippen LogP contribution in [0, 0.1) is 13.8 Å². The van der Waals surface area contributed by atoms with Crippen LogP contribution in [0.4, 0.5) is 5.69 Å². The number of hydrogen-bond acceptors (Lipinski definition) is 4. The Kier molecular flexibility index (Phi) is 6.63. The molecule has 5 nitrogen and oxygen atoms in total.